The van der Waals surface area contributed by atoms with Gasteiger partial charge in [-0.3, -0.25) is 0 Å². The number of hydrogen-bond acceptors (Lipinski definition) is 4. The van der Waals surface area contributed by atoms with Gasteiger partial charge in [0.1, 0.15) is 11.5 Å². The topological polar surface area (TPSA) is 53.4 Å². The summed E-state index contributed by atoms with van der Waals surface area (Å²) in [4.78, 5) is 16.1. The monoisotopic (exact) mass is 328 g/mol. The van der Waals surface area contributed by atoms with E-state index < -0.39 is 12.1 Å². The number of rotatable bonds is 7. The van der Waals surface area contributed by atoms with E-state index in [9.17, 15) is 4.79 Å². The van der Waals surface area contributed by atoms with Gasteiger partial charge in [-0.15, -0.1) is 0 Å². The molecule has 2 atom stereocenters. The molecule has 0 saturated heterocycles. The van der Waals surface area contributed by atoms with Gasteiger partial charge >= 0.3 is 5.97 Å². The molecule has 0 fully saturated rings. The maximum atomic E-state index is 11.9. The van der Waals surface area contributed by atoms with E-state index in [1.165, 1.54) is 7.11 Å². The number of ether oxygens (including phenoxy) is 2. The number of esters is 1. The summed E-state index contributed by atoms with van der Waals surface area (Å²) in [5.41, 5.74) is 1.89. The molecule has 1 aromatic carbocycles. The first kappa shape index (κ1) is 17.8. The maximum absolute atomic E-state index is 11.9. The van der Waals surface area contributed by atoms with Crippen LogP contribution in [-0.4, -0.2) is 28.7 Å². The van der Waals surface area contributed by atoms with Crippen molar-refractivity contribution in [2.24, 2.45) is 5.92 Å². The number of carbonyl (C=O) groups is 1. The average Bonchev–Trinajstić information content (AvgIpc) is 3.08. The highest BCUT2D eigenvalue weighted by atomic mass is 16.6. The van der Waals surface area contributed by atoms with Crippen LogP contribution < -0.4 is 0 Å². The van der Waals surface area contributed by atoms with Crippen molar-refractivity contribution in [2.75, 3.05) is 7.11 Å². The van der Waals surface area contributed by atoms with Crippen LogP contribution in [0, 0.1) is 5.92 Å². The molecule has 0 aliphatic carbocycles. The standard InChI is InChI=1S/C19H24N2O3/c1-13(2)18(19(22)23-5)24-15(4)17-11-20-12-21(17)14(3)16-9-7-6-8-10-16/h6-14,18H,4H2,1-3,5H3. The van der Waals surface area contributed by atoms with Gasteiger partial charge in [0.15, 0.2) is 6.10 Å². The first-order valence-corrected chi connectivity index (χ1v) is 7.96. The second-order valence-corrected chi connectivity index (χ2v) is 6.00. The molecule has 24 heavy (non-hydrogen) atoms. The van der Waals surface area contributed by atoms with Gasteiger partial charge in [-0.1, -0.05) is 50.8 Å². The predicted molar refractivity (Wildman–Crippen MR) is 93.2 cm³/mol. The number of carbonyl (C=O) groups excluding carboxylic acids is 1. The van der Waals surface area contributed by atoms with E-state index in [0.29, 0.717) is 5.76 Å². The van der Waals surface area contributed by atoms with Crippen molar-refractivity contribution in [1.82, 2.24) is 9.55 Å². The van der Waals surface area contributed by atoms with Crippen molar-refractivity contribution in [3.8, 4) is 0 Å². The summed E-state index contributed by atoms with van der Waals surface area (Å²) in [5.74, 6) is -0.0372. The summed E-state index contributed by atoms with van der Waals surface area (Å²) in [5, 5.41) is 0. The molecule has 0 amide bonds. The predicted octanol–water partition coefficient (Wildman–Crippen LogP) is 3.68. The fraction of sp³-hybridized carbons (Fsp3) is 0.368. The minimum atomic E-state index is -0.696. The van der Waals surface area contributed by atoms with Gasteiger partial charge in [0.05, 0.1) is 25.7 Å². The number of aromatic nitrogens is 2. The SMILES string of the molecule is C=C(OC(C(=O)OC)C(C)C)c1cncn1C(C)c1ccccc1. The lowest BCUT2D eigenvalue weighted by Gasteiger charge is -2.23. The molecular formula is C19H24N2O3. The molecule has 0 saturated carbocycles. The zero-order chi connectivity index (χ0) is 17.7. The molecule has 0 N–H and O–H groups in total. The summed E-state index contributed by atoms with van der Waals surface area (Å²) in [6.45, 7) is 9.86. The highest BCUT2D eigenvalue weighted by molar-refractivity contribution is 5.76. The molecule has 0 aliphatic heterocycles. The summed E-state index contributed by atoms with van der Waals surface area (Å²) in [6, 6.07) is 10.2. The van der Waals surface area contributed by atoms with E-state index in [2.05, 4.69) is 30.6 Å². The Hall–Kier alpha value is -2.56. The minimum Gasteiger partial charge on any atom is -0.477 e. The number of benzene rings is 1. The van der Waals surface area contributed by atoms with Crippen LogP contribution >= 0.6 is 0 Å². The first-order valence-electron chi connectivity index (χ1n) is 7.96. The third kappa shape index (κ3) is 3.85. The Labute approximate surface area is 142 Å². The Morgan fingerprint density at radius 1 is 1.21 bits per heavy atom. The van der Waals surface area contributed by atoms with Gasteiger partial charge in [-0.05, 0) is 12.5 Å². The number of imidazole rings is 1. The lowest BCUT2D eigenvalue weighted by molar-refractivity contribution is -0.152. The molecule has 0 aliphatic rings. The van der Waals surface area contributed by atoms with Gasteiger partial charge in [0, 0.05) is 5.92 Å². The highest BCUT2D eigenvalue weighted by Gasteiger charge is 2.27. The van der Waals surface area contributed by atoms with E-state index in [0.717, 1.165) is 11.3 Å². The van der Waals surface area contributed by atoms with Crippen LogP contribution in [0.4, 0.5) is 0 Å². The number of hydrogen-bond donors (Lipinski definition) is 0. The largest absolute Gasteiger partial charge is 0.477 e. The molecule has 128 valence electrons. The van der Waals surface area contributed by atoms with Crippen LogP contribution in [0.2, 0.25) is 0 Å². The van der Waals surface area contributed by atoms with Crippen LogP contribution in [0.1, 0.15) is 38.1 Å². The molecule has 2 aromatic rings. The van der Waals surface area contributed by atoms with E-state index in [4.69, 9.17) is 9.47 Å². The fourth-order valence-electron chi connectivity index (χ4n) is 2.51. The van der Waals surface area contributed by atoms with Crippen molar-refractivity contribution in [2.45, 2.75) is 32.9 Å². The Balaban J connectivity index is 2.23. The Kier molecular flexibility index (Phi) is 5.79. The molecule has 0 spiro atoms. The van der Waals surface area contributed by atoms with E-state index >= 15 is 0 Å². The summed E-state index contributed by atoms with van der Waals surface area (Å²) >= 11 is 0. The van der Waals surface area contributed by atoms with Crippen LogP contribution in [0.15, 0.2) is 49.4 Å². The summed E-state index contributed by atoms with van der Waals surface area (Å²) in [7, 11) is 1.35. The third-order valence-electron chi connectivity index (χ3n) is 3.96. The first-order chi connectivity index (χ1) is 11.5. The molecule has 1 heterocycles. The molecule has 0 bridgehead atoms. The minimum absolute atomic E-state index is 0.0304. The van der Waals surface area contributed by atoms with Crippen molar-refractivity contribution in [3.63, 3.8) is 0 Å². The average molecular weight is 328 g/mol. The second-order valence-electron chi connectivity index (χ2n) is 6.00. The Morgan fingerprint density at radius 2 is 1.88 bits per heavy atom. The third-order valence-corrected chi connectivity index (χ3v) is 3.96. The lowest BCUT2D eigenvalue weighted by Crippen LogP contribution is -2.30. The van der Waals surface area contributed by atoms with E-state index in [1.54, 1.807) is 12.5 Å². The molecule has 0 radical (unpaired) electrons. The zero-order valence-electron chi connectivity index (χ0n) is 14.6. The van der Waals surface area contributed by atoms with Crippen molar-refractivity contribution < 1.29 is 14.3 Å². The van der Waals surface area contributed by atoms with E-state index in [-0.39, 0.29) is 12.0 Å². The van der Waals surface area contributed by atoms with Crippen molar-refractivity contribution >= 4 is 11.7 Å². The van der Waals surface area contributed by atoms with Crippen LogP contribution in [0.3, 0.4) is 0 Å². The molecule has 2 rings (SSSR count). The summed E-state index contributed by atoms with van der Waals surface area (Å²) < 4.78 is 12.6. The number of nitrogens with zero attached hydrogens (tertiary/aromatic N) is 2. The molecule has 2 unspecified atom stereocenters. The highest BCUT2D eigenvalue weighted by Crippen LogP contribution is 2.25. The zero-order valence-corrected chi connectivity index (χ0v) is 14.6. The smallest absolute Gasteiger partial charge is 0.347 e. The van der Waals surface area contributed by atoms with Crippen molar-refractivity contribution in [3.05, 3.63) is 60.7 Å². The lowest BCUT2D eigenvalue weighted by atomic mass is 10.1. The molecular weight excluding hydrogens is 304 g/mol. The maximum Gasteiger partial charge on any atom is 0.347 e. The molecule has 5 nitrogen and oxygen atoms in total. The fourth-order valence-corrected chi connectivity index (χ4v) is 2.51. The Morgan fingerprint density at radius 3 is 2.46 bits per heavy atom. The van der Waals surface area contributed by atoms with Gasteiger partial charge in [-0.25, -0.2) is 9.78 Å². The quantitative estimate of drug-likeness (QED) is 0.575. The normalized spacial score (nSPS) is 13.4. The van der Waals surface area contributed by atoms with Crippen LogP contribution in [0.25, 0.3) is 5.76 Å². The van der Waals surface area contributed by atoms with Gasteiger partial charge in [-0.2, -0.15) is 0 Å². The van der Waals surface area contributed by atoms with E-state index in [1.807, 2.05) is 36.6 Å². The van der Waals surface area contributed by atoms with Crippen molar-refractivity contribution in [1.29, 1.82) is 0 Å². The number of methoxy groups -OCH3 is 1. The van der Waals surface area contributed by atoms with Crippen LogP contribution in [-0.2, 0) is 14.3 Å². The van der Waals surface area contributed by atoms with Gasteiger partial charge in [0.25, 0.3) is 0 Å². The molecule has 5 heteroatoms. The molecule has 1 aromatic heterocycles. The van der Waals surface area contributed by atoms with Gasteiger partial charge < -0.3 is 14.0 Å². The Bertz CT molecular complexity index is 692. The summed E-state index contributed by atoms with van der Waals surface area (Å²) in [6.07, 6.45) is 2.73. The van der Waals surface area contributed by atoms with Gasteiger partial charge in [0.2, 0.25) is 0 Å². The second kappa shape index (κ2) is 7.81. The van der Waals surface area contributed by atoms with Crippen LogP contribution in [0.5, 0.6) is 0 Å².